The Morgan fingerprint density at radius 3 is 2.17 bits per heavy atom. The van der Waals surface area contributed by atoms with Crippen LogP contribution in [0.1, 0.15) is 13.8 Å². The van der Waals surface area contributed by atoms with Gasteiger partial charge in [-0.1, -0.05) is 38.1 Å². The molecule has 0 radical (unpaired) electrons. The highest BCUT2D eigenvalue weighted by Crippen LogP contribution is 2.22. The number of fused-ring (bicyclic) bond motifs is 3. The van der Waals surface area contributed by atoms with E-state index >= 15 is 0 Å². The Bertz CT molecular complexity index is 1520. The van der Waals surface area contributed by atoms with Crippen LogP contribution in [0.25, 0.3) is 32.7 Å². The topological polar surface area (TPSA) is 59.3 Å². The molecule has 3 aromatic carbocycles. The molecular formula is C29H30N4O2. The molecule has 0 aliphatic heterocycles. The van der Waals surface area contributed by atoms with Crippen LogP contribution >= 0.6 is 0 Å². The molecule has 0 saturated heterocycles. The average Bonchev–Trinajstić information content (AvgIpc) is 3.29. The highest BCUT2D eigenvalue weighted by atomic mass is 16.2. The Balaban J connectivity index is 1.39. The van der Waals surface area contributed by atoms with Crippen molar-refractivity contribution in [3.8, 4) is 0 Å². The minimum atomic E-state index is -0.135. The van der Waals surface area contributed by atoms with Crippen LogP contribution in [0.4, 0.5) is 5.69 Å². The Labute approximate surface area is 204 Å². The average molecular weight is 467 g/mol. The molecule has 0 unspecified atom stereocenters. The summed E-state index contributed by atoms with van der Waals surface area (Å²) in [4.78, 5) is 28.5. The van der Waals surface area contributed by atoms with E-state index in [4.69, 9.17) is 0 Å². The van der Waals surface area contributed by atoms with Crippen LogP contribution in [0.3, 0.4) is 0 Å². The number of nitrogens with zero attached hydrogens (tertiary/aromatic N) is 3. The lowest BCUT2D eigenvalue weighted by molar-refractivity contribution is -0.116. The molecule has 0 fully saturated rings. The van der Waals surface area contributed by atoms with Crippen molar-refractivity contribution in [1.82, 2.24) is 14.0 Å². The number of rotatable bonds is 8. The molecule has 0 aliphatic rings. The van der Waals surface area contributed by atoms with Crippen LogP contribution < -0.4 is 10.7 Å². The van der Waals surface area contributed by atoms with Gasteiger partial charge in [-0.05, 0) is 61.6 Å². The first kappa shape index (κ1) is 22.9. The van der Waals surface area contributed by atoms with E-state index in [-0.39, 0.29) is 17.9 Å². The fraction of sp³-hybridized carbons (Fsp3) is 0.241. The monoisotopic (exact) mass is 466 g/mol. The van der Waals surface area contributed by atoms with Crippen LogP contribution in [0.5, 0.6) is 0 Å². The third kappa shape index (κ3) is 4.45. The van der Waals surface area contributed by atoms with Crippen LogP contribution in [0.2, 0.25) is 0 Å². The number of carbonyl (C=O) groups is 1. The fourth-order valence-corrected chi connectivity index (χ4v) is 4.85. The summed E-state index contributed by atoms with van der Waals surface area (Å²) < 4.78 is 4.18. The number of hydrogen-bond donors (Lipinski definition) is 1. The molecular weight excluding hydrogens is 436 g/mol. The number of pyridine rings is 1. The van der Waals surface area contributed by atoms with Gasteiger partial charge in [0.2, 0.25) is 5.91 Å². The number of amides is 1. The first-order chi connectivity index (χ1) is 17.1. The van der Waals surface area contributed by atoms with E-state index in [1.165, 1.54) is 0 Å². The van der Waals surface area contributed by atoms with Gasteiger partial charge in [-0.2, -0.15) is 0 Å². The second-order valence-corrected chi connectivity index (χ2v) is 8.81. The fourth-order valence-electron chi connectivity index (χ4n) is 4.85. The molecule has 2 aromatic heterocycles. The maximum atomic E-state index is 13.1. The van der Waals surface area contributed by atoms with E-state index in [0.29, 0.717) is 10.8 Å². The van der Waals surface area contributed by atoms with Crippen LogP contribution in [0.15, 0.2) is 83.8 Å². The molecule has 0 saturated carbocycles. The number of para-hydroxylation sites is 2. The first-order valence-corrected chi connectivity index (χ1v) is 12.2. The highest BCUT2D eigenvalue weighted by Gasteiger charge is 2.13. The van der Waals surface area contributed by atoms with Crippen LogP contribution in [0, 0.1) is 0 Å². The van der Waals surface area contributed by atoms with Gasteiger partial charge in [0.05, 0.1) is 11.0 Å². The Morgan fingerprint density at radius 1 is 0.857 bits per heavy atom. The maximum Gasteiger partial charge on any atom is 0.244 e. The summed E-state index contributed by atoms with van der Waals surface area (Å²) in [5.74, 6) is -0.135. The summed E-state index contributed by atoms with van der Waals surface area (Å²) in [6.07, 6.45) is 2.11. The first-order valence-electron chi connectivity index (χ1n) is 12.2. The van der Waals surface area contributed by atoms with Gasteiger partial charge in [-0.3, -0.25) is 9.59 Å². The molecule has 35 heavy (non-hydrogen) atoms. The lowest BCUT2D eigenvalue weighted by atomic mass is 10.1. The largest absolute Gasteiger partial charge is 0.346 e. The summed E-state index contributed by atoms with van der Waals surface area (Å²) in [5, 5.41) is 5.38. The van der Waals surface area contributed by atoms with Gasteiger partial charge in [0.25, 0.3) is 0 Å². The summed E-state index contributed by atoms with van der Waals surface area (Å²) in [6.45, 7) is 8.53. The van der Waals surface area contributed by atoms with Gasteiger partial charge in [-0.25, -0.2) is 0 Å². The predicted molar refractivity (Wildman–Crippen MR) is 144 cm³/mol. The second-order valence-electron chi connectivity index (χ2n) is 8.81. The van der Waals surface area contributed by atoms with Crippen LogP contribution in [-0.2, 0) is 17.9 Å². The SMILES string of the molecule is CCN(CC)CCn1ccc2cc(NC(=O)Cn3c4ccccc4c(=O)c4ccccc43)ccc21. The van der Waals surface area contributed by atoms with Gasteiger partial charge < -0.3 is 19.4 Å². The molecule has 0 atom stereocenters. The number of anilines is 1. The summed E-state index contributed by atoms with van der Waals surface area (Å²) in [7, 11) is 0. The van der Waals surface area contributed by atoms with Crippen molar-refractivity contribution in [1.29, 1.82) is 0 Å². The Morgan fingerprint density at radius 2 is 1.51 bits per heavy atom. The summed E-state index contributed by atoms with van der Waals surface area (Å²) in [6, 6.07) is 23.0. The third-order valence-corrected chi connectivity index (χ3v) is 6.79. The Hall–Kier alpha value is -3.90. The summed E-state index contributed by atoms with van der Waals surface area (Å²) >= 11 is 0. The van der Waals surface area contributed by atoms with Gasteiger partial charge in [0.15, 0.2) is 5.43 Å². The molecule has 1 N–H and O–H groups in total. The van der Waals surface area contributed by atoms with Crippen molar-refractivity contribution in [2.45, 2.75) is 26.9 Å². The lowest BCUT2D eigenvalue weighted by Crippen LogP contribution is -2.26. The van der Waals surface area contributed by atoms with Crippen molar-refractivity contribution in [3.05, 3.63) is 89.2 Å². The number of hydrogen-bond acceptors (Lipinski definition) is 3. The van der Waals surface area contributed by atoms with Crippen molar-refractivity contribution >= 4 is 44.3 Å². The van der Waals surface area contributed by atoms with Gasteiger partial charge in [0, 0.05) is 46.6 Å². The van der Waals surface area contributed by atoms with Crippen LogP contribution in [-0.4, -0.2) is 39.6 Å². The number of carbonyl (C=O) groups excluding carboxylic acids is 1. The molecule has 6 nitrogen and oxygen atoms in total. The molecule has 6 heteroatoms. The number of likely N-dealkylation sites (N-methyl/N-ethyl adjacent to an activating group) is 1. The minimum absolute atomic E-state index is 0.0104. The molecule has 0 spiro atoms. The van der Waals surface area contributed by atoms with E-state index < -0.39 is 0 Å². The lowest BCUT2D eigenvalue weighted by Gasteiger charge is -2.18. The standard InChI is InChI=1S/C29H30N4O2/c1-3-31(4-2)17-18-32-16-15-21-19-22(13-14-25(21)32)30-28(34)20-33-26-11-7-5-9-23(26)29(35)24-10-6-8-12-27(24)33/h5-16,19H,3-4,17-18,20H2,1-2H3,(H,30,34). The zero-order valence-electron chi connectivity index (χ0n) is 20.2. The van der Waals surface area contributed by atoms with E-state index in [1.807, 2.05) is 65.2 Å². The van der Waals surface area contributed by atoms with Crippen molar-refractivity contribution in [2.24, 2.45) is 0 Å². The van der Waals surface area contributed by atoms with E-state index in [9.17, 15) is 9.59 Å². The number of aromatic nitrogens is 2. The maximum absolute atomic E-state index is 13.1. The zero-order chi connectivity index (χ0) is 24.4. The predicted octanol–water partition coefficient (Wildman–Crippen LogP) is 5.09. The van der Waals surface area contributed by atoms with Gasteiger partial charge >= 0.3 is 0 Å². The highest BCUT2D eigenvalue weighted by molar-refractivity contribution is 5.98. The molecule has 5 aromatic rings. The van der Waals surface area contributed by atoms with E-state index in [1.54, 1.807) is 0 Å². The van der Waals surface area contributed by atoms with Crippen molar-refractivity contribution < 1.29 is 4.79 Å². The molecule has 5 rings (SSSR count). The quantitative estimate of drug-likeness (QED) is 0.324. The second kappa shape index (κ2) is 9.76. The van der Waals surface area contributed by atoms with Gasteiger partial charge in [-0.15, -0.1) is 0 Å². The van der Waals surface area contributed by atoms with Crippen molar-refractivity contribution in [2.75, 3.05) is 25.0 Å². The number of benzene rings is 3. The van der Waals surface area contributed by atoms with Crippen molar-refractivity contribution in [3.63, 3.8) is 0 Å². The van der Waals surface area contributed by atoms with E-state index in [0.717, 1.165) is 53.8 Å². The number of nitrogens with one attached hydrogen (secondary N) is 1. The smallest absolute Gasteiger partial charge is 0.244 e. The molecule has 0 aliphatic carbocycles. The van der Waals surface area contributed by atoms with E-state index in [2.05, 4.69) is 47.0 Å². The zero-order valence-corrected chi connectivity index (χ0v) is 20.2. The normalized spacial score (nSPS) is 11.6. The molecule has 0 bridgehead atoms. The third-order valence-electron chi connectivity index (χ3n) is 6.79. The summed E-state index contributed by atoms with van der Waals surface area (Å²) in [5.41, 5.74) is 3.43. The van der Waals surface area contributed by atoms with Gasteiger partial charge in [0.1, 0.15) is 6.54 Å². The molecule has 178 valence electrons. The minimum Gasteiger partial charge on any atom is -0.346 e. The molecule has 1 amide bonds. The molecule has 2 heterocycles. The Kier molecular flexibility index (Phi) is 6.38.